The topological polar surface area (TPSA) is 49.8 Å². The highest BCUT2D eigenvalue weighted by atomic mass is 19.4. The van der Waals surface area contributed by atoms with Crippen molar-refractivity contribution in [1.29, 1.82) is 0 Å². The van der Waals surface area contributed by atoms with Gasteiger partial charge in [0.25, 0.3) is 0 Å². The van der Waals surface area contributed by atoms with Crippen molar-refractivity contribution in [1.82, 2.24) is 4.90 Å². The molecule has 16 heavy (non-hydrogen) atoms. The van der Waals surface area contributed by atoms with Gasteiger partial charge in [-0.2, -0.15) is 13.2 Å². The molecule has 0 saturated carbocycles. The van der Waals surface area contributed by atoms with Crippen molar-refractivity contribution >= 4 is 5.97 Å². The molecule has 0 aliphatic carbocycles. The molecule has 0 fully saturated rings. The lowest BCUT2D eigenvalue weighted by Gasteiger charge is -2.36. The average molecular weight is 243 g/mol. The largest absolute Gasteiger partial charge is 0.480 e. The van der Waals surface area contributed by atoms with E-state index >= 15 is 0 Å². The lowest BCUT2D eigenvalue weighted by atomic mass is 10.0. The Hall–Kier alpha value is -0.820. The fourth-order valence-corrected chi connectivity index (χ4v) is 1.42. The molecule has 0 spiro atoms. The Balaban J connectivity index is 4.93. The molecule has 1 unspecified atom stereocenters. The van der Waals surface area contributed by atoms with E-state index in [4.69, 9.17) is 5.11 Å². The van der Waals surface area contributed by atoms with E-state index in [1.54, 1.807) is 0 Å². The van der Waals surface area contributed by atoms with Crippen molar-refractivity contribution in [2.45, 2.75) is 25.6 Å². The van der Waals surface area contributed by atoms with Gasteiger partial charge >= 0.3 is 12.1 Å². The molecular weight excluding hydrogens is 227 g/mol. The summed E-state index contributed by atoms with van der Waals surface area (Å²) in [5, 5.41) is 8.97. The minimum absolute atomic E-state index is 0.0222. The molecule has 0 radical (unpaired) electrons. The Bertz CT molecular complexity index is 245. The minimum atomic E-state index is -4.43. The summed E-state index contributed by atoms with van der Waals surface area (Å²) < 4.78 is 41.4. The highest BCUT2D eigenvalue weighted by Gasteiger charge is 2.44. The molecule has 0 aromatic carbocycles. The van der Waals surface area contributed by atoms with Crippen molar-refractivity contribution in [2.24, 2.45) is 0 Å². The zero-order valence-electron chi connectivity index (χ0n) is 9.47. The lowest BCUT2D eigenvalue weighted by molar-refractivity contribution is -0.176. The van der Waals surface area contributed by atoms with Gasteiger partial charge in [0.2, 0.25) is 0 Å². The normalized spacial score (nSPS) is 16.2. The van der Waals surface area contributed by atoms with Crippen LogP contribution in [0.15, 0.2) is 0 Å². The summed E-state index contributed by atoms with van der Waals surface area (Å²) in [6.45, 7) is 1.10. The number of methoxy groups -OCH3 is 1. The van der Waals surface area contributed by atoms with Crippen LogP contribution in [-0.4, -0.2) is 54.5 Å². The van der Waals surface area contributed by atoms with Crippen LogP contribution in [-0.2, 0) is 9.53 Å². The van der Waals surface area contributed by atoms with Crippen molar-refractivity contribution in [2.75, 3.05) is 26.8 Å². The van der Waals surface area contributed by atoms with Gasteiger partial charge in [0.05, 0.1) is 13.2 Å². The standard InChI is InChI=1S/C9H16F3NO3/c1-4-13(5-9(10,11)12)8(2,6-16-3)7(14)15/h4-6H2,1-3H3,(H,14,15). The van der Waals surface area contributed by atoms with E-state index in [-0.39, 0.29) is 13.2 Å². The third kappa shape index (κ3) is 3.97. The number of alkyl halides is 3. The maximum absolute atomic E-state index is 12.3. The molecule has 0 amide bonds. The first kappa shape index (κ1) is 15.2. The van der Waals surface area contributed by atoms with Crippen molar-refractivity contribution < 1.29 is 27.8 Å². The van der Waals surface area contributed by atoms with E-state index in [9.17, 15) is 18.0 Å². The molecule has 0 saturated heterocycles. The summed E-state index contributed by atoms with van der Waals surface area (Å²) in [6.07, 6.45) is -4.43. The van der Waals surface area contributed by atoms with Gasteiger partial charge in [0.1, 0.15) is 5.54 Å². The summed E-state index contributed by atoms with van der Waals surface area (Å²) in [7, 11) is 1.25. The first-order chi connectivity index (χ1) is 7.17. The summed E-state index contributed by atoms with van der Waals surface area (Å²) in [4.78, 5) is 11.8. The Morgan fingerprint density at radius 1 is 1.44 bits per heavy atom. The smallest absolute Gasteiger partial charge is 0.401 e. The highest BCUT2D eigenvalue weighted by molar-refractivity contribution is 5.78. The Morgan fingerprint density at radius 2 is 1.94 bits per heavy atom. The number of aliphatic carboxylic acids is 1. The third-order valence-electron chi connectivity index (χ3n) is 2.34. The predicted octanol–water partition coefficient (Wildman–Crippen LogP) is 1.36. The van der Waals surface area contributed by atoms with Crippen molar-refractivity contribution in [3.8, 4) is 0 Å². The number of rotatable bonds is 6. The number of nitrogens with zero attached hydrogens (tertiary/aromatic N) is 1. The molecule has 1 atom stereocenters. The quantitative estimate of drug-likeness (QED) is 0.765. The van der Waals surface area contributed by atoms with Gasteiger partial charge in [0.15, 0.2) is 0 Å². The number of hydrogen-bond acceptors (Lipinski definition) is 3. The molecule has 0 aliphatic heterocycles. The average Bonchev–Trinajstić information content (AvgIpc) is 2.12. The van der Waals surface area contributed by atoms with E-state index in [0.717, 1.165) is 4.90 Å². The van der Waals surface area contributed by atoms with E-state index in [2.05, 4.69) is 4.74 Å². The van der Waals surface area contributed by atoms with Crippen molar-refractivity contribution in [3.05, 3.63) is 0 Å². The predicted molar refractivity (Wildman–Crippen MR) is 51.2 cm³/mol. The molecule has 0 heterocycles. The second-order valence-corrected chi connectivity index (χ2v) is 3.64. The van der Waals surface area contributed by atoms with Gasteiger partial charge in [-0.1, -0.05) is 6.92 Å². The SMILES string of the molecule is CCN(CC(F)(F)F)C(C)(COC)C(=O)O. The summed E-state index contributed by atoms with van der Waals surface area (Å²) in [6, 6.07) is 0. The second kappa shape index (κ2) is 5.49. The van der Waals surface area contributed by atoms with Crippen molar-refractivity contribution in [3.63, 3.8) is 0 Å². The monoisotopic (exact) mass is 243 g/mol. The fourth-order valence-electron chi connectivity index (χ4n) is 1.42. The van der Waals surface area contributed by atoms with E-state index < -0.39 is 24.2 Å². The summed E-state index contributed by atoms with van der Waals surface area (Å²) in [5.41, 5.74) is -1.67. The number of halogens is 3. The summed E-state index contributed by atoms with van der Waals surface area (Å²) in [5.74, 6) is -1.33. The van der Waals surface area contributed by atoms with Crippen LogP contribution < -0.4 is 0 Å². The molecular formula is C9H16F3NO3. The zero-order chi connectivity index (χ0) is 13.0. The number of carboxylic acid groups (broad SMARTS) is 1. The van der Waals surface area contributed by atoms with Crippen LogP contribution in [0.1, 0.15) is 13.8 Å². The van der Waals surface area contributed by atoms with Crippen LogP contribution in [0, 0.1) is 0 Å². The van der Waals surface area contributed by atoms with Crippen LogP contribution in [0.2, 0.25) is 0 Å². The number of ether oxygens (including phenoxy) is 1. The second-order valence-electron chi connectivity index (χ2n) is 3.64. The van der Waals surface area contributed by atoms with E-state index in [0.29, 0.717) is 0 Å². The first-order valence-electron chi connectivity index (χ1n) is 4.71. The van der Waals surface area contributed by atoms with Crippen LogP contribution in [0.3, 0.4) is 0 Å². The molecule has 4 nitrogen and oxygen atoms in total. The van der Waals surface area contributed by atoms with Crippen LogP contribution in [0.25, 0.3) is 0 Å². The molecule has 0 aliphatic rings. The molecule has 7 heteroatoms. The number of hydrogen-bond donors (Lipinski definition) is 1. The number of carboxylic acids is 1. The van der Waals surface area contributed by atoms with Gasteiger partial charge in [-0.25, -0.2) is 0 Å². The maximum atomic E-state index is 12.3. The van der Waals surface area contributed by atoms with Gasteiger partial charge < -0.3 is 9.84 Å². The third-order valence-corrected chi connectivity index (χ3v) is 2.34. The Kier molecular flexibility index (Phi) is 5.21. The van der Waals surface area contributed by atoms with Gasteiger partial charge in [-0.15, -0.1) is 0 Å². The molecule has 1 N–H and O–H groups in total. The Morgan fingerprint density at radius 3 is 2.19 bits per heavy atom. The minimum Gasteiger partial charge on any atom is -0.480 e. The van der Waals surface area contributed by atoms with Gasteiger partial charge in [0, 0.05) is 7.11 Å². The van der Waals surface area contributed by atoms with E-state index in [1.807, 2.05) is 0 Å². The van der Waals surface area contributed by atoms with E-state index in [1.165, 1.54) is 21.0 Å². The lowest BCUT2D eigenvalue weighted by Crippen LogP contribution is -2.57. The molecule has 0 aromatic rings. The first-order valence-corrected chi connectivity index (χ1v) is 4.71. The molecule has 0 rings (SSSR count). The number of likely N-dealkylation sites (N-methyl/N-ethyl adjacent to an activating group) is 1. The molecule has 0 aromatic heterocycles. The Labute approximate surface area is 92.0 Å². The zero-order valence-corrected chi connectivity index (χ0v) is 9.47. The molecule has 96 valence electrons. The van der Waals surface area contributed by atoms with Gasteiger partial charge in [-0.3, -0.25) is 9.69 Å². The fraction of sp³-hybridized carbons (Fsp3) is 0.889. The van der Waals surface area contributed by atoms with Crippen LogP contribution in [0.4, 0.5) is 13.2 Å². The van der Waals surface area contributed by atoms with Crippen LogP contribution >= 0.6 is 0 Å². The maximum Gasteiger partial charge on any atom is 0.401 e. The summed E-state index contributed by atoms with van der Waals surface area (Å²) >= 11 is 0. The molecule has 0 bridgehead atoms. The number of carbonyl (C=O) groups is 1. The van der Waals surface area contributed by atoms with Crippen LogP contribution in [0.5, 0.6) is 0 Å². The highest BCUT2D eigenvalue weighted by Crippen LogP contribution is 2.23. The van der Waals surface area contributed by atoms with Gasteiger partial charge in [-0.05, 0) is 13.5 Å².